The van der Waals surface area contributed by atoms with E-state index >= 15 is 0 Å². The average molecular weight is 314 g/mol. The van der Waals surface area contributed by atoms with E-state index in [1.807, 2.05) is 0 Å². The Labute approximate surface area is 127 Å². The third-order valence-corrected chi connectivity index (χ3v) is 2.99. The van der Waals surface area contributed by atoms with Gasteiger partial charge in [0.15, 0.2) is 6.61 Å². The number of rotatable bonds is 5. The van der Waals surface area contributed by atoms with Gasteiger partial charge in [-0.25, -0.2) is 4.79 Å². The highest BCUT2D eigenvalue weighted by Gasteiger charge is 2.15. The van der Waals surface area contributed by atoms with Gasteiger partial charge in [0.05, 0.1) is 22.8 Å². The smallest absolute Gasteiger partial charge is 0.338 e. The molecule has 114 valence electrons. The van der Waals surface area contributed by atoms with Crippen LogP contribution in [0.25, 0.3) is 0 Å². The van der Waals surface area contributed by atoms with E-state index < -0.39 is 18.5 Å². The monoisotopic (exact) mass is 313 g/mol. The molecule has 0 saturated carbocycles. The van der Waals surface area contributed by atoms with Gasteiger partial charge in [0.25, 0.3) is 5.91 Å². The summed E-state index contributed by atoms with van der Waals surface area (Å²) in [5, 5.41) is 2.71. The number of anilines is 1. The van der Waals surface area contributed by atoms with Crippen molar-refractivity contribution < 1.29 is 19.1 Å². The predicted octanol–water partition coefficient (Wildman–Crippen LogP) is 0.283. The highest BCUT2D eigenvalue weighted by atomic mass is 35.5. The lowest BCUT2D eigenvalue weighted by Gasteiger charge is -2.15. The normalized spacial score (nSPS) is 9.86. The van der Waals surface area contributed by atoms with E-state index in [2.05, 4.69) is 5.32 Å². The van der Waals surface area contributed by atoms with Crippen molar-refractivity contribution in [1.82, 2.24) is 10.2 Å². The minimum atomic E-state index is -0.694. The Morgan fingerprint density at radius 2 is 2.05 bits per heavy atom. The largest absolute Gasteiger partial charge is 0.452 e. The van der Waals surface area contributed by atoms with Crippen molar-refractivity contribution in [3.8, 4) is 0 Å². The van der Waals surface area contributed by atoms with Gasteiger partial charge in [-0.1, -0.05) is 11.6 Å². The molecular formula is C13H16ClN3O4. The minimum Gasteiger partial charge on any atom is -0.452 e. The van der Waals surface area contributed by atoms with Crippen molar-refractivity contribution in [3.05, 3.63) is 28.8 Å². The van der Waals surface area contributed by atoms with Crippen LogP contribution in [0.5, 0.6) is 0 Å². The standard InChI is InChI=1S/C13H16ClN3O4/c1-16-11(18)6-17(2)12(19)7-21-13(20)8-3-4-9(14)10(15)5-8/h3-5H,6-7,15H2,1-2H3,(H,16,18). The number of likely N-dealkylation sites (N-methyl/N-ethyl adjacent to an activating group) is 2. The summed E-state index contributed by atoms with van der Waals surface area (Å²) in [5.41, 5.74) is 6.01. The van der Waals surface area contributed by atoms with E-state index in [1.165, 1.54) is 32.3 Å². The van der Waals surface area contributed by atoms with Gasteiger partial charge in [-0.3, -0.25) is 9.59 Å². The first-order valence-corrected chi connectivity index (χ1v) is 6.39. The van der Waals surface area contributed by atoms with Gasteiger partial charge in [-0.15, -0.1) is 0 Å². The number of ether oxygens (including phenoxy) is 1. The second-order valence-corrected chi connectivity index (χ2v) is 4.64. The first-order valence-electron chi connectivity index (χ1n) is 6.02. The number of benzene rings is 1. The Kier molecular flexibility index (Phi) is 5.98. The number of halogens is 1. The van der Waals surface area contributed by atoms with E-state index in [-0.39, 0.29) is 23.7 Å². The molecule has 0 aliphatic heterocycles. The van der Waals surface area contributed by atoms with E-state index in [1.54, 1.807) is 0 Å². The first-order chi connectivity index (χ1) is 9.85. The van der Waals surface area contributed by atoms with Gasteiger partial charge in [0.2, 0.25) is 5.91 Å². The Morgan fingerprint density at radius 3 is 2.62 bits per heavy atom. The molecule has 21 heavy (non-hydrogen) atoms. The molecule has 8 heteroatoms. The summed E-state index contributed by atoms with van der Waals surface area (Å²) in [6.07, 6.45) is 0. The van der Waals surface area contributed by atoms with Crippen LogP contribution in [0.1, 0.15) is 10.4 Å². The molecule has 0 fully saturated rings. The summed E-state index contributed by atoms with van der Waals surface area (Å²) in [5.74, 6) is -1.50. The van der Waals surface area contributed by atoms with E-state index in [0.29, 0.717) is 5.02 Å². The van der Waals surface area contributed by atoms with Crippen LogP contribution in [0.15, 0.2) is 18.2 Å². The SMILES string of the molecule is CNC(=O)CN(C)C(=O)COC(=O)c1ccc(Cl)c(N)c1. The molecule has 0 aliphatic rings. The maximum atomic E-state index is 11.7. The van der Waals surface area contributed by atoms with Gasteiger partial charge >= 0.3 is 5.97 Å². The lowest BCUT2D eigenvalue weighted by molar-refractivity contribution is -0.137. The highest BCUT2D eigenvalue weighted by molar-refractivity contribution is 6.33. The van der Waals surface area contributed by atoms with Crippen LogP contribution < -0.4 is 11.1 Å². The molecule has 0 saturated heterocycles. The van der Waals surface area contributed by atoms with Crippen LogP contribution in [-0.2, 0) is 14.3 Å². The van der Waals surface area contributed by atoms with Crippen LogP contribution in [0.3, 0.4) is 0 Å². The molecule has 1 aromatic rings. The number of carbonyl (C=O) groups is 3. The van der Waals surface area contributed by atoms with Gasteiger partial charge in [0, 0.05) is 14.1 Å². The van der Waals surface area contributed by atoms with Crippen molar-refractivity contribution in [2.75, 3.05) is 33.0 Å². The number of nitrogen functional groups attached to an aromatic ring is 1. The number of carbonyl (C=O) groups excluding carboxylic acids is 3. The molecule has 3 N–H and O–H groups in total. The van der Waals surface area contributed by atoms with Crippen LogP contribution in [0.2, 0.25) is 5.02 Å². The van der Waals surface area contributed by atoms with E-state index in [0.717, 1.165) is 4.90 Å². The number of nitrogens with zero attached hydrogens (tertiary/aromatic N) is 1. The fourth-order valence-corrected chi connectivity index (χ4v) is 1.49. The lowest BCUT2D eigenvalue weighted by atomic mass is 10.2. The van der Waals surface area contributed by atoms with Gasteiger partial charge in [0.1, 0.15) is 0 Å². The molecule has 0 radical (unpaired) electrons. The number of hydrogen-bond acceptors (Lipinski definition) is 5. The van der Waals surface area contributed by atoms with E-state index in [9.17, 15) is 14.4 Å². The maximum absolute atomic E-state index is 11.7. The molecule has 0 atom stereocenters. The number of nitrogens with one attached hydrogen (secondary N) is 1. The molecule has 0 aliphatic carbocycles. The summed E-state index contributed by atoms with van der Waals surface area (Å²) < 4.78 is 4.86. The van der Waals surface area contributed by atoms with Crippen LogP contribution >= 0.6 is 11.6 Å². The number of nitrogens with two attached hydrogens (primary N) is 1. The van der Waals surface area contributed by atoms with E-state index in [4.69, 9.17) is 22.1 Å². The van der Waals surface area contributed by atoms with Crippen LogP contribution in [0, 0.1) is 0 Å². The Balaban J connectivity index is 2.54. The van der Waals surface area contributed by atoms with Crippen molar-refractivity contribution in [2.24, 2.45) is 0 Å². The molecule has 7 nitrogen and oxygen atoms in total. The van der Waals surface area contributed by atoms with Crippen molar-refractivity contribution in [2.45, 2.75) is 0 Å². The summed E-state index contributed by atoms with van der Waals surface area (Å²) >= 11 is 5.74. The van der Waals surface area contributed by atoms with Crippen molar-refractivity contribution >= 4 is 35.1 Å². The predicted molar refractivity (Wildman–Crippen MR) is 77.9 cm³/mol. The van der Waals surface area contributed by atoms with Crippen molar-refractivity contribution in [1.29, 1.82) is 0 Å². The molecule has 0 spiro atoms. The summed E-state index contributed by atoms with van der Waals surface area (Å²) in [6.45, 7) is -0.574. The fraction of sp³-hybridized carbons (Fsp3) is 0.308. The van der Waals surface area contributed by atoms with Gasteiger partial charge < -0.3 is 20.7 Å². The number of amides is 2. The van der Waals surface area contributed by atoms with Crippen molar-refractivity contribution in [3.63, 3.8) is 0 Å². The van der Waals surface area contributed by atoms with Gasteiger partial charge in [-0.05, 0) is 18.2 Å². The third-order valence-electron chi connectivity index (χ3n) is 2.64. The summed E-state index contributed by atoms with van der Waals surface area (Å²) in [4.78, 5) is 35.7. The molecule has 0 aromatic heterocycles. The second kappa shape index (κ2) is 7.49. The molecule has 1 aromatic carbocycles. The number of esters is 1. The zero-order valence-corrected chi connectivity index (χ0v) is 12.4. The zero-order chi connectivity index (χ0) is 16.0. The van der Waals surface area contributed by atoms with Crippen LogP contribution in [-0.4, -0.2) is 49.9 Å². The molecule has 2 amide bonds. The lowest BCUT2D eigenvalue weighted by Crippen LogP contribution is -2.39. The topological polar surface area (TPSA) is 102 Å². The zero-order valence-electron chi connectivity index (χ0n) is 11.7. The molecular weight excluding hydrogens is 298 g/mol. The first kappa shape index (κ1) is 16.8. The number of hydrogen-bond donors (Lipinski definition) is 2. The molecule has 0 bridgehead atoms. The second-order valence-electron chi connectivity index (χ2n) is 4.24. The fourth-order valence-electron chi connectivity index (χ4n) is 1.37. The average Bonchev–Trinajstić information content (AvgIpc) is 2.46. The third kappa shape index (κ3) is 4.96. The maximum Gasteiger partial charge on any atom is 0.338 e. The minimum absolute atomic E-state index is 0.110. The molecule has 1 rings (SSSR count). The summed E-state index contributed by atoms with van der Waals surface area (Å²) in [7, 11) is 2.90. The molecule has 0 heterocycles. The summed E-state index contributed by atoms with van der Waals surface area (Å²) in [6, 6.07) is 4.27. The highest BCUT2D eigenvalue weighted by Crippen LogP contribution is 2.19. The Morgan fingerprint density at radius 1 is 1.38 bits per heavy atom. The quantitative estimate of drug-likeness (QED) is 0.600. The van der Waals surface area contributed by atoms with Gasteiger partial charge in [-0.2, -0.15) is 0 Å². The molecule has 0 unspecified atom stereocenters. The Hall–Kier alpha value is -2.28. The Bertz CT molecular complexity index is 562. The van der Waals surface area contributed by atoms with Crippen LogP contribution in [0.4, 0.5) is 5.69 Å².